The minimum atomic E-state index is -0.967. The molecular weight excluding hydrogens is 222 g/mol. The van der Waals surface area contributed by atoms with E-state index in [9.17, 15) is 9.59 Å². The molecule has 2 amide bonds. The molecule has 0 saturated heterocycles. The quantitative estimate of drug-likeness (QED) is 0.587. The summed E-state index contributed by atoms with van der Waals surface area (Å²) in [6.45, 7) is 0.792. The van der Waals surface area contributed by atoms with E-state index in [0.717, 1.165) is 25.7 Å². The van der Waals surface area contributed by atoms with Crippen molar-refractivity contribution in [2.24, 2.45) is 5.73 Å². The number of urea groups is 1. The van der Waals surface area contributed by atoms with Crippen molar-refractivity contribution < 1.29 is 14.7 Å². The van der Waals surface area contributed by atoms with E-state index in [1.807, 2.05) is 0 Å². The van der Waals surface area contributed by atoms with Gasteiger partial charge in [0.25, 0.3) is 0 Å². The van der Waals surface area contributed by atoms with E-state index in [1.165, 1.54) is 4.90 Å². The molecule has 1 fully saturated rings. The minimum Gasteiger partial charge on any atom is -0.480 e. The molecule has 6 nitrogen and oxygen atoms in total. The van der Waals surface area contributed by atoms with E-state index in [0.29, 0.717) is 19.5 Å². The van der Waals surface area contributed by atoms with E-state index in [4.69, 9.17) is 10.8 Å². The lowest BCUT2D eigenvalue weighted by molar-refractivity contribution is -0.138. The maximum Gasteiger partial charge on any atom is 0.323 e. The second-order valence-electron chi connectivity index (χ2n) is 4.33. The van der Waals surface area contributed by atoms with Gasteiger partial charge in [-0.15, -0.1) is 0 Å². The van der Waals surface area contributed by atoms with Crippen molar-refractivity contribution in [3.8, 4) is 0 Å². The van der Waals surface area contributed by atoms with Crippen molar-refractivity contribution in [3.05, 3.63) is 0 Å². The fourth-order valence-electron chi connectivity index (χ4n) is 2.13. The third-order valence-corrected chi connectivity index (χ3v) is 2.99. The third kappa shape index (κ3) is 4.60. The van der Waals surface area contributed by atoms with Crippen molar-refractivity contribution in [1.82, 2.24) is 10.2 Å². The van der Waals surface area contributed by atoms with Crippen LogP contribution in [0.4, 0.5) is 4.79 Å². The van der Waals surface area contributed by atoms with Gasteiger partial charge in [0.15, 0.2) is 0 Å². The summed E-state index contributed by atoms with van der Waals surface area (Å²) in [4.78, 5) is 24.0. The van der Waals surface area contributed by atoms with Crippen LogP contribution in [0.25, 0.3) is 0 Å². The van der Waals surface area contributed by atoms with Crippen LogP contribution < -0.4 is 11.1 Å². The van der Waals surface area contributed by atoms with E-state index in [2.05, 4.69) is 5.32 Å². The first-order valence-corrected chi connectivity index (χ1v) is 6.11. The van der Waals surface area contributed by atoms with Crippen LogP contribution >= 0.6 is 0 Å². The zero-order valence-electron chi connectivity index (χ0n) is 10.0. The zero-order valence-corrected chi connectivity index (χ0v) is 10.0. The average Bonchev–Trinajstić information content (AvgIpc) is 2.79. The van der Waals surface area contributed by atoms with Crippen LogP contribution in [0.3, 0.4) is 0 Å². The Morgan fingerprint density at radius 3 is 2.53 bits per heavy atom. The number of nitrogens with zero attached hydrogens (tertiary/aromatic N) is 1. The number of nitrogens with one attached hydrogen (secondary N) is 1. The molecule has 1 saturated carbocycles. The Morgan fingerprint density at radius 2 is 2.00 bits per heavy atom. The van der Waals surface area contributed by atoms with Crippen LogP contribution in [0.1, 0.15) is 32.1 Å². The van der Waals surface area contributed by atoms with E-state index < -0.39 is 5.97 Å². The lowest BCUT2D eigenvalue weighted by Gasteiger charge is -2.27. The molecule has 1 aliphatic rings. The smallest absolute Gasteiger partial charge is 0.323 e. The van der Waals surface area contributed by atoms with Crippen molar-refractivity contribution in [2.45, 2.75) is 38.1 Å². The molecule has 0 aromatic carbocycles. The summed E-state index contributed by atoms with van der Waals surface area (Å²) < 4.78 is 0. The van der Waals surface area contributed by atoms with Crippen LogP contribution in [-0.4, -0.2) is 47.7 Å². The van der Waals surface area contributed by atoms with Crippen LogP contribution in [0, 0.1) is 0 Å². The van der Waals surface area contributed by atoms with Gasteiger partial charge < -0.3 is 21.1 Å². The lowest BCUT2D eigenvalue weighted by Crippen LogP contribution is -2.48. The van der Waals surface area contributed by atoms with E-state index in [-0.39, 0.29) is 18.6 Å². The normalized spacial score (nSPS) is 15.8. The summed E-state index contributed by atoms with van der Waals surface area (Å²) in [5.41, 5.74) is 5.33. The molecule has 0 heterocycles. The summed E-state index contributed by atoms with van der Waals surface area (Å²) in [7, 11) is 0. The number of hydrogen-bond acceptors (Lipinski definition) is 3. The highest BCUT2D eigenvalue weighted by Gasteiger charge is 2.27. The molecule has 98 valence electrons. The van der Waals surface area contributed by atoms with Crippen molar-refractivity contribution in [2.75, 3.05) is 19.6 Å². The van der Waals surface area contributed by atoms with Crippen molar-refractivity contribution in [3.63, 3.8) is 0 Å². The summed E-state index contributed by atoms with van der Waals surface area (Å²) in [5.74, 6) is -0.967. The Labute approximate surface area is 101 Å². The Morgan fingerprint density at radius 1 is 1.35 bits per heavy atom. The average molecular weight is 243 g/mol. The molecule has 0 spiro atoms. The van der Waals surface area contributed by atoms with Gasteiger partial charge in [-0.2, -0.15) is 0 Å². The number of carbonyl (C=O) groups excluding carboxylic acids is 1. The van der Waals surface area contributed by atoms with Crippen LogP contribution in [-0.2, 0) is 4.79 Å². The molecule has 1 aliphatic carbocycles. The summed E-state index contributed by atoms with van der Waals surface area (Å²) in [6.07, 6.45) is 4.64. The second-order valence-corrected chi connectivity index (χ2v) is 4.33. The first-order valence-electron chi connectivity index (χ1n) is 6.11. The molecule has 0 aliphatic heterocycles. The highest BCUT2D eigenvalue weighted by molar-refractivity contribution is 5.80. The standard InChI is InChI=1S/C11H21N3O3/c12-6-3-7-13-11(17)14(8-10(15)16)9-4-1-2-5-9/h9H,1-8,12H2,(H,13,17)(H,15,16). The van der Waals surface area contributed by atoms with Gasteiger partial charge in [0.05, 0.1) is 0 Å². The molecule has 17 heavy (non-hydrogen) atoms. The largest absolute Gasteiger partial charge is 0.480 e. The Kier molecular flexibility index (Phi) is 5.76. The van der Waals surface area contributed by atoms with Crippen molar-refractivity contribution >= 4 is 12.0 Å². The number of hydrogen-bond donors (Lipinski definition) is 3. The summed E-state index contributed by atoms with van der Waals surface area (Å²) in [5, 5.41) is 11.5. The molecule has 0 radical (unpaired) electrons. The number of carboxylic acid groups (broad SMARTS) is 1. The number of carboxylic acids is 1. The summed E-state index contributed by atoms with van der Waals surface area (Å²) >= 11 is 0. The summed E-state index contributed by atoms with van der Waals surface area (Å²) in [6, 6.07) is -0.211. The molecule has 0 atom stereocenters. The molecule has 0 bridgehead atoms. The van der Waals surface area contributed by atoms with Crippen molar-refractivity contribution in [1.29, 1.82) is 0 Å². The molecule has 4 N–H and O–H groups in total. The number of nitrogens with two attached hydrogens (primary N) is 1. The molecular formula is C11H21N3O3. The Hall–Kier alpha value is -1.30. The maximum atomic E-state index is 11.9. The van der Waals surface area contributed by atoms with Crippen LogP contribution in [0.5, 0.6) is 0 Å². The fraction of sp³-hybridized carbons (Fsp3) is 0.818. The van der Waals surface area contributed by atoms with Gasteiger partial charge in [0.2, 0.25) is 0 Å². The van der Waals surface area contributed by atoms with Crippen LogP contribution in [0.2, 0.25) is 0 Å². The topological polar surface area (TPSA) is 95.7 Å². The van der Waals surface area contributed by atoms with Gasteiger partial charge in [-0.1, -0.05) is 12.8 Å². The molecule has 0 aromatic rings. The molecule has 1 rings (SSSR count). The first kappa shape index (κ1) is 13.8. The lowest BCUT2D eigenvalue weighted by atomic mass is 10.2. The van der Waals surface area contributed by atoms with Gasteiger partial charge in [-0.25, -0.2) is 4.79 Å². The van der Waals surface area contributed by atoms with E-state index >= 15 is 0 Å². The first-order chi connectivity index (χ1) is 8.15. The zero-order chi connectivity index (χ0) is 12.7. The van der Waals surface area contributed by atoms with Gasteiger partial charge in [-0.3, -0.25) is 4.79 Å². The predicted octanol–water partition coefficient (Wildman–Crippen LogP) is 0.374. The van der Waals surface area contributed by atoms with Gasteiger partial charge in [0, 0.05) is 12.6 Å². The van der Waals surface area contributed by atoms with Gasteiger partial charge in [-0.05, 0) is 25.8 Å². The van der Waals surface area contributed by atoms with E-state index in [1.54, 1.807) is 0 Å². The minimum absolute atomic E-state index is 0.0731. The Balaban J connectivity index is 2.48. The maximum absolute atomic E-state index is 11.9. The number of aliphatic carboxylic acids is 1. The number of amides is 2. The Bertz CT molecular complexity index is 265. The predicted molar refractivity (Wildman–Crippen MR) is 63.7 cm³/mol. The number of carbonyl (C=O) groups is 2. The van der Waals surface area contributed by atoms with Gasteiger partial charge >= 0.3 is 12.0 Å². The molecule has 0 aromatic heterocycles. The second kappa shape index (κ2) is 7.11. The highest BCUT2D eigenvalue weighted by atomic mass is 16.4. The molecule has 6 heteroatoms. The van der Waals surface area contributed by atoms with Gasteiger partial charge in [0.1, 0.15) is 6.54 Å². The van der Waals surface area contributed by atoms with Crippen LogP contribution in [0.15, 0.2) is 0 Å². The fourth-order valence-corrected chi connectivity index (χ4v) is 2.13. The third-order valence-electron chi connectivity index (χ3n) is 2.99. The number of rotatable bonds is 6. The highest BCUT2D eigenvalue weighted by Crippen LogP contribution is 2.23. The molecule has 0 unspecified atom stereocenters. The monoisotopic (exact) mass is 243 g/mol. The SMILES string of the molecule is NCCCNC(=O)N(CC(=O)O)C1CCCC1.